The number of aliphatic carboxylic acids is 1. The van der Waals surface area contributed by atoms with E-state index in [1.54, 1.807) is 6.07 Å². The highest BCUT2D eigenvalue weighted by Crippen LogP contribution is 2.07. The Morgan fingerprint density at radius 1 is 1.39 bits per heavy atom. The second-order valence-corrected chi connectivity index (χ2v) is 3.44. The number of hydrogen-bond donors (Lipinski definition) is 3. The molecule has 0 aliphatic rings. The molecule has 3 N–H and O–H groups in total. The number of rotatable bonds is 5. The summed E-state index contributed by atoms with van der Waals surface area (Å²) < 4.78 is 13.2. The van der Waals surface area contributed by atoms with Gasteiger partial charge in [0.1, 0.15) is 5.82 Å². The third-order valence-electron chi connectivity index (χ3n) is 2.12. The number of aliphatic hydroxyl groups excluding tert-OH is 1. The van der Waals surface area contributed by atoms with Gasteiger partial charge in [-0.3, -0.25) is 4.79 Å². The van der Waals surface area contributed by atoms with E-state index in [9.17, 15) is 14.0 Å². The van der Waals surface area contributed by atoms with Gasteiger partial charge < -0.3 is 15.5 Å². The van der Waals surface area contributed by atoms with Crippen LogP contribution in [0.5, 0.6) is 0 Å². The Labute approximate surface area is 103 Å². The van der Waals surface area contributed by atoms with Crippen molar-refractivity contribution in [2.24, 2.45) is 0 Å². The van der Waals surface area contributed by atoms with E-state index in [1.807, 2.05) is 0 Å². The summed E-state index contributed by atoms with van der Waals surface area (Å²) in [7, 11) is 0. The molecule has 1 aromatic carbocycles. The molecule has 18 heavy (non-hydrogen) atoms. The van der Waals surface area contributed by atoms with Crippen LogP contribution in [0, 0.1) is 5.82 Å². The number of aliphatic hydroxyl groups is 1. The maximum Gasteiger partial charge on any atom is 0.328 e. The van der Waals surface area contributed by atoms with E-state index in [-0.39, 0.29) is 5.56 Å². The highest BCUT2D eigenvalue weighted by molar-refractivity contribution is 5.94. The largest absolute Gasteiger partial charge is 0.480 e. The monoisotopic (exact) mass is 253 g/mol. The third-order valence-corrected chi connectivity index (χ3v) is 2.12. The van der Waals surface area contributed by atoms with Crippen molar-refractivity contribution in [1.29, 1.82) is 0 Å². The number of carbonyl (C=O) groups is 2. The van der Waals surface area contributed by atoms with Gasteiger partial charge in [-0.05, 0) is 12.1 Å². The SMILES string of the molecule is O=C(/C=C/c1ccccc1F)NC(CO)C(=O)O. The van der Waals surface area contributed by atoms with Crippen molar-refractivity contribution in [3.63, 3.8) is 0 Å². The van der Waals surface area contributed by atoms with Crippen molar-refractivity contribution in [1.82, 2.24) is 5.32 Å². The van der Waals surface area contributed by atoms with Gasteiger partial charge in [-0.15, -0.1) is 0 Å². The topological polar surface area (TPSA) is 86.6 Å². The highest BCUT2D eigenvalue weighted by Gasteiger charge is 2.17. The summed E-state index contributed by atoms with van der Waals surface area (Å²) >= 11 is 0. The molecule has 1 amide bonds. The van der Waals surface area contributed by atoms with Gasteiger partial charge in [0.2, 0.25) is 5.91 Å². The molecule has 1 atom stereocenters. The minimum Gasteiger partial charge on any atom is -0.480 e. The van der Waals surface area contributed by atoms with Crippen LogP contribution in [-0.2, 0) is 9.59 Å². The molecule has 1 unspecified atom stereocenters. The molecular formula is C12H12FNO4. The molecule has 0 fully saturated rings. The van der Waals surface area contributed by atoms with E-state index in [2.05, 4.69) is 5.32 Å². The van der Waals surface area contributed by atoms with Gasteiger partial charge in [-0.25, -0.2) is 9.18 Å². The van der Waals surface area contributed by atoms with Gasteiger partial charge in [-0.1, -0.05) is 18.2 Å². The zero-order valence-corrected chi connectivity index (χ0v) is 9.34. The summed E-state index contributed by atoms with van der Waals surface area (Å²) in [6.07, 6.45) is 2.23. The Morgan fingerprint density at radius 3 is 2.61 bits per heavy atom. The molecule has 0 saturated heterocycles. The molecule has 0 bridgehead atoms. The molecule has 1 rings (SSSR count). The van der Waals surface area contributed by atoms with Gasteiger partial charge in [0.05, 0.1) is 6.61 Å². The molecule has 0 spiro atoms. The van der Waals surface area contributed by atoms with E-state index >= 15 is 0 Å². The number of halogens is 1. The van der Waals surface area contributed by atoms with Crippen molar-refractivity contribution < 1.29 is 24.2 Å². The van der Waals surface area contributed by atoms with Crippen LogP contribution in [0.25, 0.3) is 6.08 Å². The second-order valence-electron chi connectivity index (χ2n) is 3.44. The summed E-state index contributed by atoms with van der Waals surface area (Å²) in [5.41, 5.74) is 0.212. The molecule has 0 aromatic heterocycles. The summed E-state index contributed by atoms with van der Waals surface area (Å²) in [5, 5.41) is 19.3. The Morgan fingerprint density at radius 2 is 2.06 bits per heavy atom. The Kier molecular flexibility index (Phi) is 5.01. The first-order valence-corrected chi connectivity index (χ1v) is 5.11. The van der Waals surface area contributed by atoms with Crippen molar-refractivity contribution in [2.45, 2.75) is 6.04 Å². The molecule has 6 heteroatoms. The number of benzene rings is 1. The second kappa shape index (κ2) is 6.51. The lowest BCUT2D eigenvalue weighted by Crippen LogP contribution is -2.42. The van der Waals surface area contributed by atoms with Crippen LogP contribution in [0.3, 0.4) is 0 Å². The molecule has 5 nitrogen and oxygen atoms in total. The van der Waals surface area contributed by atoms with Crippen LogP contribution in [-0.4, -0.2) is 34.7 Å². The average molecular weight is 253 g/mol. The third kappa shape index (κ3) is 3.99. The van der Waals surface area contributed by atoms with Crippen LogP contribution >= 0.6 is 0 Å². The van der Waals surface area contributed by atoms with Crippen LogP contribution in [0.1, 0.15) is 5.56 Å². The van der Waals surface area contributed by atoms with Gasteiger partial charge in [-0.2, -0.15) is 0 Å². The van der Waals surface area contributed by atoms with E-state index in [4.69, 9.17) is 10.2 Å². The fraction of sp³-hybridized carbons (Fsp3) is 0.167. The van der Waals surface area contributed by atoms with Crippen molar-refractivity contribution >= 4 is 18.0 Å². The van der Waals surface area contributed by atoms with Gasteiger partial charge >= 0.3 is 5.97 Å². The van der Waals surface area contributed by atoms with Crippen LogP contribution < -0.4 is 5.32 Å². The fourth-order valence-corrected chi connectivity index (χ4v) is 1.18. The van der Waals surface area contributed by atoms with E-state index in [0.29, 0.717) is 0 Å². The lowest BCUT2D eigenvalue weighted by molar-refractivity contribution is -0.142. The lowest BCUT2D eigenvalue weighted by Gasteiger charge is -2.09. The molecule has 1 aromatic rings. The molecule has 0 heterocycles. The Hall–Kier alpha value is -2.21. The van der Waals surface area contributed by atoms with E-state index < -0.39 is 30.3 Å². The first kappa shape index (κ1) is 13.9. The van der Waals surface area contributed by atoms with Crippen LogP contribution in [0.15, 0.2) is 30.3 Å². The zero-order chi connectivity index (χ0) is 13.5. The smallest absolute Gasteiger partial charge is 0.328 e. The Bertz CT molecular complexity index is 473. The van der Waals surface area contributed by atoms with Crippen molar-refractivity contribution in [3.8, 4) is 0 Å². The standard InChI is InChI=1S/C12H12FNO4/c13-9-4-2-1-3-8(9)5-6-11(16)14-10(7-15)12(17)18/h1-6,10,15H,7H2,(H,14,16)(H,17,18)/b6-5+. The molecule has 0 aliphatic heterocycles. The van der Waals surface area contributed by atoms with Crippen LogP contribution in [0.4, 0.5) is 4.39 Å². The average Bonchev–Trinajstić information content (AvgIpc) is 2.34. The van der Waals surface area contributed by atoms with E-state index in [0.717, 1.165) is 6.08 Å². The van der Waals surface area contributed by atoms with Crippen molar-refractivity contribution in [2.75, 3.05) is 6.61 Å². The molecule has 0 radical (unpaired) electrons. The summed E-state index contributed by atoms with van der Waals surface area (Å²) in [6.45, 7) is -0.714. The summed E-state index contributed by atoms with van der Waals surface area (Å²) in [5.74, 6) is -2.55. The number of nitrogens with one attached hydrogen (secondary N) is 1. The predicted molar refractivity (Wildman–Crippen MR) is 62.1 cm³/mol. The predicted octanol–water partition coefficient (Wildman–Crippen LogP) is 0.401. The summed E-state index contributed by atoms with van der Waals surface area (Å²) in [6, 6.07) is 4.46. The molecule has 0 aliphatic carbocycles. The maximum absolute atomic E-state index is 13.2. The number of carbonyl (C=O) groups excluding carboxylic acids is 1. The van der Waals surface area contributed by atoms with Crippen molar-refractivity contribution in [3.05, 3.63) is 41.7 Å². The normalized spacial score (nSPS) is 12.3. The number of amides is 1. The van der Waals surface area contributed by atoms with Gasteiger partial charge in [0, 0.05) is 11.6 Å². The highest BCUT2D eigenvalue weighted by atomic mass is 19.1. The fourth-order valence-electron chi connectivity index (χ4n) is 1.18. The zero-order valence-electron chi connectivity index (χ0n) is 9.34. The van der Waals surface area contributed by atoms with Gasteiger partial charge in [0.25, 0.3) is 0 Å². The first-order chi connectivity index (χ1) is 8.54. The van der Waals surface area contributed by atoms with E-state index in [1.165, 1.54) is 24.3 Å². The first-order valence-electron chi connectivity index (χ1n) is 5.11. The quantitative estimate of drug-likeness (QED) is 0.663. The summed E-state index contributed by atoms with van der Waals surface area (Å²) in [4.78, 5) is 21.8. The maximum atomic E-state index is 13.2. The minimum absolute atomic E-state index is 0.212. The number of carboxylic acids is 1. The molecule has 96 valence electrons. The Balaban J connectivity index is 2.65. The number of carboxylic acid groups (broad SMARTS) is 1. The molecular weight excluding hydrogens is 241 g/mol. The van der Waals surface area contributed by atoms with Gasteiger partial charge in [0.15, 0.2) is 6.04 Å². The lowest BCUT2D eigenvalue weighted by atomic mass is 10.2. The minimum atomic E-state index is -1.37. The van der Waals surface area contributed by atoms with Crippen LogP contribution in [0.2, 0.25) is 0 Å². The molecule has 0 saturated carbocycles. The number of hydrogen-bond acceptors (Lipinski definition) is 3.